The van der Waals surface area contributed by atoms with E-state index in [0.29, 0.717) is 0 Å². The molecule has 132 valence electrons. The summed E-state index contributed by atoms with van der Waals surface area (Å²) in [5, 5.41) is 6.01. The average Bonchev–Trinajstić information content (AvgIpc) is 2.60. The zero-order chi connectivity index (χ0) is 18.8. The van der Waals surface area contributed by atoms with Crippen LogP contribution in [0.25, 0.3) is 5.69 Å². The summed E-state index contributed by atoms with van der Waals surface area (Å²) < 4.78 is 41.4. The van der Waals surface area contributed by atoms with Gasteiger partial charge in [0.05, 0.1) is 11.4 Å². The number of rotatable bonds is 3. The number of aromatic nitrogens is 2. The van der Waals surface area contributed by atoms with Gasteiger partial charge in [0.2, 0.25) is 0 Å². The molecule has 1 heterocycles. The van der Waals surface area contributed by atoms with Crippen molar-refractivity contribution in [2.75, 3.05) is 5.32 Å². The topological polar surface area (TPSA) is 64.0 Å². The van der Waals surface area contributed by atoms with Gasteiger partial charge in [0.25, 0.3) is 11.5 Å². The van der Waals surface area contributed by atoms with Crippen LogP contribution in [0.4, 0.5) is 18.9 Å². The molecule has 5 nitrogen and oxygen atoms in total. The van der Waals surface area contributed by atoms with Gasteiger partial charge in [-0.3, -0.25) is 9.59 Å². The number of hydrogen-bond donors (Lipinski definition) is 1. The monoisotopic (exact) mass is 359 g/mol. The Labute approximate surface area is 145 Å². The molecule has 3 aromatic rings. The molecule has 0 aliphatic rings. The highest BCUT2D eigenvalue weighted by atomic mass is 19.1. The van der Waals surface area contributed by atoms with Crippen molar-refractivity contribution in [2.24, 2.45) is 0 Å². The van der Waals surface area contributed by atoms with E-state index < -0.39 is 28.9 Å². The molecule has 0 fully saturated rings. The Kier molecular flexibility index (Phi) is 4.57. The minimum Gasteiger partial charge on any atom is -0.319 e. The van der Waals surface area contributed by atoms with E-state index in [1.54, 1.807) is 0 Å². The highest BCUT2D eigenvalue weighted by Gasteiger charge is 2.17. The fourth-order valence-corrected chi connectivity index (χ4v) is 2.28. The third-order valence-electron chi connectivity index (χ3n) is 3.66. The maximum absolute atomic E-state index is 13.9. The van der Waals surface area contributed by atoms with Crippen molar-refractivity contribution in [3.63, 3.8) is 0 Å². The van der Waals surface area contributed by atoms with E-state index in [4.69, 9.17) is 0 Å². The number of aryl methyl sites for hydroxylation is 1. The van der Waals surface area contributed by atoms with Crippen LogP contribution in [0.2, 0.25) is 0 Å². The number of carbonyl (C=O) groups excluding carboxylic acids is 1. The van der Waals surface area contributed by atoms with Crippen molar-refractivity contribution in [1.82, 2.24) is 9.78 Å². The van der Waals surface area contributed by atoms with Crippen molar-refractivity contribution in [3.05, 3.63) is 87.6 Å². The minimum atomic E-state index is -0.921. The second-order valence-corrected chi connectivity index (χ2v) is 5.47. The van der Waals surface area contributed by atoms with E-state index >= 15 is 0 Å². The van der Waals surface area contributed by atoms with Crippen molar-refractivity contribution < 1.29 is 18.0 Å². The highest BCUT2D eigenvalue weighted by Crippen LogP contribution is 2.19. The number of nitrogens with zero attached hydrogens (tertiary/aromatic N) is 2. The second kappa shape index (κ2) is 6.83. The van der Waals surface area contributed by atoms with Gasteiger partial charge < -0.3 is 5.32 Å². The first-order valence-corrected chi connectivity index (χ1v) is 7.48. The fourth-order valence-electron chi connectivity index (χ4n) is 2.28. The fraction of sp³-hybridized carbons (Fsp3) is 0.0556. The van der Waals surface area contributed by atoms with Crippen LogP contribution in [-0.2, 0) is 0 Å². The summed E-state index contributed by atoms with van der Waals surface area (Å²) in [7, 11) is 0. The molecular formula is C18H12F3N3O2. The summed E-state index contributed by atoms with van der Waals surface area (Å²) in [5.41, 5.74) is -1.17. The van der Waals surface area contributed by atoms with E-state index in [1.807, 2.05) is 0 Å². The van der Waals surface area contributed by atoms with Gasteiger partial charge in [-0.25, -0.2) is 13.2 Å². The van der Waals surface area contributed by atoms with Crippen LogP contribution in [0.1, 0.15) is 15.9 Å². The molecule has 0 saturated heterocycles. The zero-order valence-corrected chi connectivity index (χ0v) is 13.5. The maximum Gasteiger partial charge on any atom is 0.284 e. The smallest absolute Gasteiger partial charge is 0.284 e. The first-order chi connectivity index (χ1) is 12.4. The molecule has 0 atom stereocenters. The molecule has 0 aliphatic carbocycles. The summed E-state index contributed by atoms with van der Waals surface area (Å²) >= 11 is 0. The Bertz CT molecular complexity index is 1050. The lowest BCUT2D eigenvalue weighted by atomic mass is 10.2. The van der Waals surface area contributed by atoms with Crippen LogP contribution >= 0.6 is 0 Å². The predicted octanol–water partition coefficient (Wildman–Crippen LogP) is 3.21. The normalized spacial score (nSPS) is 10.6. The van der Waals surface area contributed by atoms with Gasteiger partial charge in [0.15, 0.2) is 0 Å². The van der Waals surface area contributed by atoms with E-state index in [1.165, 1.54) is 25.3 Å². The first-order valence-electron chi connectivity index (χ1n) is 7.48. The Morgan fingerprint density at radius 3 is 2.42 bits per heavy atom. The van der Waals surface area contributed by atoms with Crippen molar-refractivity contribution in [2.45, 2.75) is 6.92 Å². The van der Waals surface area contributed by atoms with E-state index in [9.17, 15) is 22.8 Å². The second-order valence-electron chi connectivity index (χ2n) is 5.47. The molecule has 0 radical (unpaired) electrons. The molecule has 0 aliphatic heterocycles. The van der Waals surface area contributed by atoms with E-state index in [-0.39, 0.29) is 22.5 Å². The van der Waals surface area contributed by atoms with Crippen LogP contribution in [0, 0.1) is 24.4 Å². The third-order valence-corrected chi connectivity index (χ3v) is 3.66. The number of nitrogens with one attached hydrogen (secondary N) is 1. The summed E-state index contributed by atoms with van der Waals surface area (Å²) in [6.45, 7) is 1.38. The van der Waals surface area contributed by atoms with Gasteiger partial charge in [-0.1, -0.05) is 0 Å². The largest absolute Gasteiger partial charge is 0.319 e. The molecule has 0 bridgehead atoms. The van der Waals surface area contributed by atoms with E-state index in [2.05, 4.69) is 10.4 Å². The summed E-state index contributed by atoms with van der Waals surface area (Å²) in [6, 6.07) is 7.85. The SMILES string of the molecule is Cc1cc(F)c(NC(=O)c2ccnn(-c3ccc(F)cc3)c2=O)cc1F. The van der Waals surface area contributed by atoms with Gasteiger partial charge in [-0.15, -0.1) is 0 Å². The quantitative estimate of drug-likeness (QED) is 0.781. The number of halogens is 3. The standard InChI is InChI=1S/C18H12F3N3O2/c1-10-8-15(21)16(9-14(10)20)23-17(25)13-6-7-22-24(18(13)26)12-4-2-11(19)3-5-12/h2-9H,1H3,(H,23,25). The number of carbonyl (C=O) groups is 1. The summed E-state index contributed by atoms with van der Waals surface area (Å²) in [5.74, 6) is -2.94. The van der Waals surface area contributed by atoms with Crippen LogP contribution in [0.5, 0.6) is 0 Å². The Hall–Kier alpha value is -3.42. The third kappa shape index (κ3) is 3.34. The number of anilines is 1. The average molecular weight is 359 g/mol. The van der Waals surface area contributed by atoms with Crippen LogP contribution < -0.4 is 10.9 Å². The molecule has 3 rings (SSSR count). The van der Waals surface area contributed by atoms with Crippen molar-refractivity contribution in [3.8, 4) is 5.69 Å². The summed E-state index contributed by atoms with van der Waals surface area (Å²) in [4.78, 5) is 24.8. The van der Waals surface area contributed by atoms with Gasteiger partial charge in [-0.05, 0) is 48.9 Å². The number of benzene rings is 2. The molecule has 2 aromatic carbocycles. The lowest BCUT2D eigenvalue weighted by Gasteiger charge is -2.09. The van der Waals surface area contributed by atoms with Gasteiger partial charge >= 0.3 is 0 Å². The molecule has 26 heavy (non-hydrogen) atoms. The first kappa shape index (κ1) is 17.4. The van der Waals surface area contributed by atoms with Crippen LogP contribution in [0.3, 0.4) is 0 Å². The van der Waals surface area contributed by atoms with Crippen LogP contribution in [0.15, 0.2) is 53.5 Å². The van der Waals surface area contributed by atoms with Crippen LogP contribution in [-0.4, -0.2) is 15.7 Å². The Morgan fingerprint density at radius 1 is 1.04 bits per heavy atom. The predicted molar refractivity (Wildman–Crippen MR) is 88.8 cm³/mol. The molecule has 1 aromatic heterocycles. The van der Waals surface area contributed by atoms with Gasteiger partial charge in [-0.2, -0.15) is 9.78 Å². The molecule has 8 heteroatoms. The molecule has 0 saturated carbocycles. The molecular weight excluding hydrogens is 347 g/mol. The van der Waals surface area contributed by atoms with Crippen molar-refractivity contribution in [1.29, 1.82) is 0 Å². The lowest BCUT2D eigenvalue weighted by Crippen LogP contribution is -2.29. The van der Waals surface area contributed by atoms with E-state index in [0.717, 1.165) is 35.0 Å². The molecule has 0 spiro atoms. The zero-order valence-electron chi connectivity index (χ0n) is 13.5. The lowest BCUT2D eigenvalue weighted by molar-refractivity contribution is 0.102. The Morgan fingerprint density at radius 2 is 1.73 bits per heavy atom. The van der Waals surface area contributed by atoms with Gasteiger partial charge in [0, 0.05) is 12.3 Å². The number of amides is 1. The highest BCUT2D eigenvalue weighted by molar-refractivity contribution is 6.04. The van der Waals surface area contributed by atoms with Gasteiger partial charge in [0.1, 0.15) is 23.0 Å². The minimum absolute atomic E-state index is 0.0862. The summed E-state index contributed by atoms with van der Waals surface area (Å²) in [6.07, 6.45) is 1.20. The van der Waals surface area contributed by atoms with Crippen molar-refractivity contribution >= 4 is 11.6 Å². The molecule has 1 N–H and O–H groups in total. The molecule has 0 unspecified atom stereocenters. The Balaban J connectivity index is 1.96. The number of hydrogen-bond acceptors (Lipinski definition) is 3. The molecule has 1 amide bonds. The maximum atomic E-state index is 13.9.